The van der Waals surface area contributed by atoms with Crippen LogP contribution < -0.4 is 10.9 Å². The van der Waals surface area contributed by atoms with E-state index in [-0.39, 0.29) is 17.8 Å². The first-order valence-electron chi connectivity index (χ1n) is 11.5. The monoisotopic (exact) mass is 465 g/mol. The number of hydrogen-bond donors (Lipinski definition) is 1. The molecule has 1 fully saturated rings. The first kappa shape index (κ1) is 21.2. The minimum absolute atomic E-state index is 0.0887. The van der Waals surface area contributed by atoms with Gasteiger partial charge in [-0.2, -0.15) is 0 Å². The van der Waals surface area contributed by atoms with Gasteiger partial charge in [0.15, 0.2) is 0 Å². The number of fused-ring (bicyclic) bond motifs is 2. The fraction of sp³-hybridized carbons (Fsp3) is 0.192. The second-order valence-electron chi connectivity index (χ2n) is 8.77. The van der Waals surface area contributed by atoms with E-state index in [0.29, 0.717) is 11.6 Å². The molecular weight excluding hydrogens is 442 g/mol. The molecule has 0 saturated carbocycles. The van der Waals surface area contributed by atoms with Crippen LogP contribution in [0.5, 0.6) is 0 Å². The molecule has 1 aliphatic heterocycles. The molecule has 35 heavy (non-hydrogen) atoms. The Balaban J connectivity index is 1.09. The van der Waals surface area contributed by atoms with Gasteiger partial charge in [-0.3, -0.25) is 23.9 Å². The number of nitrogens with one attached hydrogen (secondary N) is 1. The van der Waals surface area contributed by atoms with Crippen molar-refractivity contribution in [1.29, 1.82) is 0 Å². The van der Waals surface area contributed by atoms with Gasteiger partial charge in [-0.25, -0.2) is 9.97 Å². The maximum absolute atomic E-state index is 12.6. The van der Waals surface area contributed by atoms with Gasteiger partial charge in [0.2, 0.25) is 0 Å². The Hall–Kier alpha value is -4.37. The smallest absolute Gasteiger partial charge is 0.270 e. The zero-order valence-corrected chi connectivity index (χ0v) is 18.9. The van der Waals surface area contributed by atoms with Crippen LogP contribution in [0.2, 0.25) is 0 Å². The molecule has 6 rings (SSSR count). The van der Waals surface area contributed by atoms with Crippen molar-refractivity contribution >= 4 is 17.2 Å². The van der Waals surface area contributed by atoms with Crippen molar-refractivity contribution in [2.45, 2.75) is 19.0 Å². The second-order valence-corrected chi connectivity index (χ2v) is 8.77. The van der Waals surface area contributed by atoms with Crippen LogP contribution in [-0.4, -0.2) is 47.6 Å². The number of likely N-dealkylation sites (tertiary alicyclic amines) is 1. The quantitative estimate of drug-likeness (QED) is 0.413. The lowest BCUT2D eigenvalue weighted by Gasteiger charge is -2.38. The summed E-state index contributed by atoms with van der Waals surface area (Å²) in [4.78, 5) is 40.6. The molecule has 5 aromatic rings. The van der Waals surface area contributed by atoms with Crippen molar-refractivity contribution in [3.05, 3.63) is 112 Å². The van der Waals surface area contributed by atoms with E-state index in [0.717, 1.165) is 36.7 Å². The first-order chi connectivity index (χ1) is 17.1. The van der Waals surface area contributed by atoms with Crippen LogP contribution in [0.25, 0.3) is 11.3 Å². The molecule has 0 unspecified atom stereocenters. The van der Waals surface area contributed by atoms with E-state index in [1.807, 2.05) is 35.0 Å². The van der Waals surface area contributed by atoms with Crippen LogP contribution >= 0.6 is 0 Å². The van der Waals surface area contributed by atoms with Gasteiger partial charge >= 0.3 is 0 Å². The molecule has 1 saturated heterocycles. The lowest BCUT2D eigenvalue weighted by Crippen LogP contribution is -2.44. The summed E-state index contributed by atoms with van der Waals surface area (Å²) in [6.07, 6.45) is 7.46. The van der Waals surface area contributed by atoms with E-state index < -0.39 is 5.91 Å². The van der Waals surface area contributed by atoms with Crippen LogP contribution in [0, 0.1) is 0 Å². The molecule has 1 N–H and O–H groups in total. The highest BCUT2D eigenvalue weighted by Crippen LogP contribution is 2.26. The third-order valence-electron chi connectivity index (χ3n) is 6.27. The zero-order valence-electron chi connectivity index (χ0n) is 18.9. The van der Waals surface area contributed by atoms with Gasteiger partial charge in [0, 0.05) is 62.1 Å². The Morgan fingerprint density at radius 2 is 1.89 bits per heavy atom. The van der Waals surface area contributed by atoms with Crippen LogP contribution in [0.3, 0.4) is 0 Å². The van der Waals surface area contributed by atoms with Gasteiger partial charge < -0.3 is 9.72 Å². The highest BCUT2D eigenvalue weighted by atomic mass is 16.2. The molecule has 0 bridgehead atoms. The molecule has 5 aromatic heterocycles. The molecule has 0 spiro atoms. The number of nitrogens with zero attached hydrogens (tertiary/aromatic N) is 6. The second kappa shape index (κ2) is 8.77. The fourth-order valence-corrected chi connectivity index (χ4v) is 4.46. The number of rotatable bonds is 6. The molecule has 0 aliphatic carbocycles. The van der Waals surface area contributed by atoms with Gasteiger partial charge in [-0.05, 0) is 35.9 Å². The van der Waals surface area contributed by atoms with Crippen molar-refractivity contribution in [3.8, 4) is 0 Å². The number of imidazole rings is 1. The Morgan fingerprint density at radius 1 is 1.00 bits per heavy atom. The van der Waals surface area contributed by atoms with E-state index in [2.05, 4.69) is 43.5 Å². The van der Waals surface area contributed by atoms with E-state index in [4.69, 9.17) is 0 Å². The molecule has 6 heterocycles. The summed E-state index contributed by atoms with van der Waals surface area (Å²) in [5, 5.41) is 2.81. The maximum Gasteiger partial charge on any atom is 0.270 e. The Labute approximate surface area is 200 Å². The van der Waals surface area contributed by atoms with Gasteiger partial charge in [-0.15, -0.1) is 0 Å². The summed E-state index contributed by atoms with van der Waals surface area (Å²) in [5.74, 6) is 0.0863. The molecule has 1 amide bonds. The average Bonchev–Trinajstić information content (AvgIpc) is 3.27. The number of aromatic nitrogens is 5. The molecule has 0 atom stereocenters. The minimum atomic E-state index is -0.411. The molecule has 1 aliphatic rings. The first-order valence-corrected chi connectivity index (χ1v) is 11.5. The Morgan fingerprint density at radius 3 is 2.74 bits per heavy atom. The van der Waals surface area contributed by atoms with Crippen molar-refractivity contribution < 1.29 is 4.79 Å². The van der Waals surface area contributed by atoms with Crippen LogP contribution in [0.4, 0.5) is 0 Å². The molecule has 0 radical (unpaired) electrons. The number of carbonyl (C=O) groups is 1. The van der Waals surface area contributed by atoms with Gasteiger partial charge in [-0.1, -0.05) is 18.2 Å². The van der Waals surface area contributed by atoms with Crippen molar-refractivity contribution in [2.75, 3.05) is 13.1 Å². The lowest BCUT2D eigenvalue weighted by atomic mass is 9.95. The molecular formula is C26H23N7O2. The molecule has 9 heteroatoms. The number of pyridine rings is 3. The van der Waals surface area contributed by atoms with E-state index in [1.54, 1.807) is 24.4 Å². The highest BCUT2D eigenvalue weighted by molar-refractivity contribution is 5.92. The van der Waals surface area contributed by atoms with Crippen molar-refractivity contribution in [3.63, 3.8) is 0 Å². The predicted molar refractivity (Wildman–Crippen MR) is 130 cm³/mol. The van der Waals surface area contributed by atoms with Crippen LogP contribution in [0.15, 0.2) is 84.2 Å². The normalized spacial score (nSPS) is 14.3. The van der Waals surface area contributed by atoms with Gasteiger partial charge in [0.25, 0.3) is 11.5 Å². The molecule has 9 nitrogen and oxygen atoms in total. The maximum atomic E-state index is 12.6. The summed E-state index contributed by atoms with van der Waals surface area (Å²) in [6, 6.07) is 16.6. The topological polar surface area (TPSA) is 96.9 Å². The van der Waals surface area contributed by atoms with E-state index in [1.165, 1.54) is 16.0 Å². The SMILES string of the molecule is O=C(NCc1cn2cc(CN3CC(c4ccccn4)C3)ccc2n1)c1cc(=O)n2ccccc2n1. The summed E-state index contributed by atoms with van der Waals surface area (Å²) < 4.78 is 3.38. The zero-order chi connectivity index (χ0) is 23.8. The van der Waals surface area contributed by atoms with Crippen LogP contribution in [0.1, 0.15) is 33.4 Å². The highest BCUT2D eigenvalue weighted by Gasteiger charge is 2.28. The van der Waals surface area contributed by atoms with Crippen molar-refractivity contribution in [1.82, 2.24) is 34.0 Å². The lowest BCUT2D eigenvalue weighted by molar-refractivity contribution is 0.0945. The molecule has 174 valence electrons. The van der Waals surface area contributed by atoms with Gasteiger partial charge in [0.1, 0.15) is 17.0 Å². The standard InChI is InChI=1S/C26H23N7O2/c34-25-11-22(30-24-6-2-4-10-33(24)25)26(35)28-12-20-17-32-14-18(7-8-23(32)29-20)13-31-15-19(16-31)21-5-1-3-9-27-21/h1-11,14,17,19H,12-13,15-16H2,(H,28,35). The summed E-state index contributed by atoms with van der Waals surface area (Å²) in [7, 11) is 0. The minimum Gasteiger partial charge on any atom is -0.345 e. The third kappa shape index (κ3) is 4.29. The molecule has 0 aromatic carbocycles. The van der Waals surface area contributed by atoms with E-state index >= 15 is 0 Å². The number of amides is 1. The summed E-state index contributed by atoms with van der Waals surface area (Å²) in [6.45, 7) is 3.11. The largest absolute Gasteiger partial charge is 0.345 e. The Bertz CT molecular complexity index is 1590. The number of carbonyl (C=O) groups excluding carboxylic acids is 1. The Kier molecular flexibility index (Phi) is 5.31. The predicted octanol–water partition coefficient (Wildman–Crippen LogP) is 2.27. The van der Waals surface area contributed by atoms with Crippen LogP contribution in [-0.2, 0) is 13.1 Å². The third-order valence-corrected chi connectivity index (χ3v) is 6.27. The van der Waals surface area contributed by atoms with E-state index in [9.17, 15) is 9.59 Å². The fourth-order valence-electron chi connectivity index (χ4n) is 4.46. The summed E-state index contributed by atoms with van der Waals surface area (Å²) in [5.41, 5.74) is 4.12. The summed E-state index contributed by atoms with van der Waals surface area (Å²) >= 11 is 0. The van der Waals surface area contributed by atoms with Crippen molar-refractivity contribution in [2.24, 2.45) is 0 Å². The van der Waals surface area contributed by atoms with Gasteiger partial charge in [0.05, 0.1) is 12.2 Å². The average molecular weight is 466 g/mol. The number of hydrogen-bond acceptors (Lipinski definition) is 6.